The van der Waals surface area contributed by atoms with Gasteiger partial charge in [0.25, 0.3) is 0 Å². The van der Waals surface area contributed by atoms with Gasteiger partial charge in [0.15, 0.2) is 0 Å². The zero-order chi connectivity index (χ0) is 23.0. The first-order chi connectivity index (χ1) is 15.3. The van der Waals surface area contributed by atoms with Crippen molar-refractivity contribution in [3.63, 3.8) is 0 Å². The Bertz CT molecular complexity index is 1370. The number of ether oxygens (including phenoxy) is 1. The maximum absolute atomic E-state index is 12.9. The predicted molar refractivity (Wildman–Crippen MR) is 123 cm³/mol. The normalized spacial score (nSPS) is 12.8. The van der Waals surface area contributed by atoms with Gasteiger partial charge in [0.05, 0.1) is 47.3 Å². The molecule has 0 saturated heterocycles. The number of methoxy groups -OCH3 is 1. The van der Waals surface area contributed by atoms with E-state index in [-0.39, 0.29) is 11.7 Å². The lowest BCUT2D eigenvalue weighted by Gasteiger charge is -2.16. The minimum absolute atomic E-state index is 0.233. The predicted octanol–water partition coefficient (Wildman–Crippen LogP) is 4.34. The van der Waals surface area contributed by atoms with E-state index in [0.29, 0.717) is 22.6 Å². The SMILES string of the molecule is C=C(/C(=C\c1c(C)ncc2[nH]c(=O)n([C@H](C)c3ccccn3)c12)OC)c1c(C)noc1C. The van der Waals surface area contributed by atoms with Gasteiger partial charge in [-0.25, -0.2) is 4.79 Å². The molecule has 0 radical (unpaired) electrons. The fourth-order valence-corrected chi connectivity index (χ4v) is 3.97. The van der Waals surface area contributed by atoms with Crippen molar-refractivity contribution in [1.82, 2.24) is 24.7 Å². The molecular weight excluding hydrogens is 406 g/mol. The molecule has 0 aliphatic carbocycles. The maximum atomic E-state index is 12.9. The summed E-state index contributed by atoms with van der Waals surface area (Å²) >= 11 is 0. The smallest absolute Gasteiger partial charge is 0.327 e. The molecule has 164 valence electrons. The molecule has 0 spiro atoms. The number of allylic oxidation sites excluding steroid dienone is 1. The van der Waals surface area contributed by atoms with Gasteiger partial charge in [-0.2, -0.15) is 0 Å². The number of imidazole rings is 1. The Morgan fingerprint density at radius 2 is 2.03 bits per heavy atom. The summed E-state index contributed by atoms with van der Waals surface area (Å²) in [6.07, 6.45) is 5.24. The number of hydrogen-bond acceptors (Lipinski definition) is 6. The highest BCUT2D eigenvalue weighted by atomic mass is 16.5. The average Bonchev–Trinajstić information content (AvgIpc) is 3.30. The molecule has 0 saturated carbocycles. The van der Waals surface area contributed by atoms with Crippen LogP contribution in [0.25, 0.3) is 22.7 Å². The summed E-state index contributed by atoms with van der Waals surface area (Å²) in [5.74, 6) is 1.19. The van der Waals surface area contributed by atoms with Crippen LogP contribution in [0.1, 0.15) is 46.9 Å². The number of aromatic nitrogens is 5. The van der Waals surface area contributed by atoms with Crippen molar-refractivity contribution in [2.45, 2.75) is 33.7 Å². The number of rotatable bonds is 6. The fourth-order valence-electron chi connectivity index (χ4n) is 3.97. The van der Waals surface area contributed by atoms with E-state index in [1.807, 2.05) is 52.0 Å². The van der Waals surface area contributed by atoms with Crippen molar-refractivity contribution < 1.29 is 9.26 Å². The molecule has 0 bridgehead atoms. The molecule has 0 aromatic carbocycles. The Balaban J connectivity index is 1.93. The molecule has 1 atom stereocenters. The topological polar surface area (TPSA) is 98.8 Å². The second kappa shape index (κ2) is 8.30. The van der Waals surface area contributed by atoms with Crippen molar-refractivity contribution in [1.29, 1.82) is 0 Å². The zero-order valence-corrected chi connectivity index (χ0v) is 18.8. The highest BCUT2D eigenvalue weighted by molar-refractivity contribution is 5.90. The van der Waals surface area contributed by atoms with Gasteiger partial charge >= 0.3 is 5.69 Å². The maximum Gasteiger partial charge on any atom is 0.327 e. The molecule has 32 heavy (non-hydrogen) atoms. The first-order valence-electron chi connectivity index (χ1n) is 10.2. The van der Waals surface area contributed by atoms with E-state index in [1.165, 1.54) is 0 Å². The number of aryl methyl sites for hydroxylation is 3. The molecule has 4 heterocycles. The van der Waals surface area contributed by atoms with E-state index >= 15 is 0 Å². The Morgan fingerprint density at radius 1 is 1.25 bits per heavy atom. The second-order valence-corrected chi connectivity index (χ2v) is 7.64. The highest BCUT2D eigenvalue weighted by Crippen LogP contribution is 2.31. The number of pyridine rings is 2. The van der Waals surface area contributed by atoms with Gasteiger partial charge in [0.2, 0.25) is 0 Å². The molecule has 8 nitrogen and oxygen atoms in total. The van der Waals surface area contributed by atoms with Crippen molar-refractivity contribution >= 4 is 22.7 Å². The quantitative estimate of drug-likeness (QED) is 0.360. The van der Waals surface area contributed by atoms with Crippen molar-refractivity contribution in [3.8, 4) is 0 Å². The van der Waals surface area contributed by atoms with Crippen molar-refractivity contribution in [2.24, 2.45) is 0 Å². The first kappa shape index (κ1) is 21.3. The summed E-state index contributed by atoms with van der Waals surface area (Å²) in [4.78, 5) is 24.8. The summed E-state index contributed by atoms with van der Waals surface area (Å²) in [6.45, 7) is 11.7. The van der Waals surface area contributed by atoms with Gasteiger partial charge in [0, 0.05) is 23.0 Å². The van der Waals surface area contributed by atoms with Crippen LogP contribution in [-0.4, -0.2) is 31.8 Å². The van der Waals surface area contributed by atoms with Gasteiger partial charge in [-0.1, -0.05) is 17.8 Å². The number of nitrogens with one attached hydrogen (secondary N) is 1. The van der Waals surface area contributed by atoms with Gasteiger partial charge in [-0.15, -0.1) is 0 Å². The van der Waals surface area contributed by atoms with Crippen LogP contribution in [0.3, 0.4) is 0 Å². The minimum Gasteiger partial charge on any atom is -0.496 e. The highest BCUT2D eigenvalue weighted by Gasteiger charge is 2.21. The summed E-state index contributed by atoms with van der Waals surface area (Å²) in [5, 5.41) is 4.01. The lowest BCUT2D eigenvalue weighted by molar-refractivity contribution is 0.314. The Kier molecular flexibility index (Phi) is 5.52. The lowest BCUT2D eigenvalue weighted by Crippen LogP contribution is -2.22. The van der Waals surface area contributed by atoms with Gasteiger partial charge in [-0.05, 0) is 45.9 Å². The van der Waals surface area contributed by atoms with Crippen LogP contribution in [0.15, 0.2) is 52.2 Å². The summed E-state index contributed by atoms with van der Waals surface area (Å²) in [6, 6.07) is 5.37. The molecule has 0 fully saturated rings. The van der Waals surface area contributed by atoms with Crippen LogP contribution in [0.2, 0.25) is 0 Å². The van der Waals surface area contributed by atoms with Crippen LogP contribution >= 0.6 is 0 Å². The number of H-pyrrole nitrogens is 1. The van der Waals surface area contributed by atoms with Crippen LogP contribution < -0.4 is 5.69 Å². The second-order valence-electron chi connectivity index (χ2n) is 7.64. The third kappa shape index (κ3) is 3.53. The van der Waals surface area contributed by atoms with Crippen LogP contribution in [0.4, 0.5) is 0 Å². The van der Waals surface area contributed by atoms with Crippen molar-refractivity contribution in [3.05, 3.63) is 87.4 Å². The molecule has 8 heteroatoms. The molecule has 4 aromatic rings. The van der Waals surface area contributed by atoms with Crippen LogP contribution in [-0.2, 0) is 4.74 Å². The first-order valence-corrected chi connectivity index (χ1v) is 10.2. The van der Waals surface area contributed by atoms with Crippen LogP contribution in [0.5, 0.6) is 0 Å². The third-order valence-electron chi connectivity index (χ3n) is 5.62. The molecule has 0 aliphatic rings. The summed E-state index contributed by atoms with van der Waals surface area (Å²) in [5.41, 5.74) is 5.58. The zero-order valence-electron chi connectivity index (χ0n) is 18.8. The van der Waals surface area contributed by atoms with E-state index in [0.717, 1.165) is 33.7 Å². The van der Waals surface area contributed by atoms with E-state index in [2.05, 4.69) is 26.7 Å². The summed E-state index contributed by atoms with van der Waals surface area (Å²) in [7, 11) is 1.58. The molecule has 4 rings (SSSR count). The minimum atomic E-state index is -0.289. The van der Waals surface area contributed by atoms with E-state index in [9.17, 15) is 4.79 Å². The number of nitrogens with zero attached hydrogens (tertiary/aromatic N) is 4. The number of aromatic amines is 1. The van der Waals surface area contributed by atoms with Crippen molar-refractivity contribution in [2.75, 3.05) is 7.11 Å². The Morgan fingerprint density at radius 3 is 2.66 bits per heavy atom. The molecule has 4 aromatic heterocycles. The Labute approximate surface area is 185 Å². The third-order valence-corrected chi connectivity index (χ3v) is 5.62. The standard InChI is InChI=1S/C24H25N5O3/c1-13(22-15(3)28-32-17(22)5)21(31-6)11-18-14(2)26-12-20-23(18)29(24(30)27-20)16(4)19-9-7-8-10-25-19/h7-12,16H,1H2,2-6H3,(H,27,30)/b21-11+/t16-/m1/s1. The van der Waals surface area contributed by atoms with Gasteiger partial charge in [-0.3, -0.25) is 14.5 Å². The van der Waals surface area contributed by atoms with Gasteiger partial charge < -0.3 is 14.2 Å². The molecule has 1 N–H and O–H groups in total. The van der Waals surface area contributed by atoms with Crippen LogP contribution in [0, 0.1) is 20.8 Å². The number of hydrogen-bond donors (Lipinski definition) is 1. The monoisotopic (exact) mass is 431 g/mol. The summed E-state index contributed by atoms with van der Waals surface area (Å²) < 4.78 is 12.7. The average molecular weight is 431 g/mol. The molecule has 0 aliphatic heterocycles. The fraction of sp³-hybridized carbons (Fsp3) is 0.250. The van der Waals surface area contributed by atoms with E-state index < -0.39 is 0 Å². The van der Waals surface area contributed by atoms with Gasteiger partial charge in [0.1, 0.15) is 11.5 Å². The molecule has 0 unspecified atom stereocenters. The van der Waals surface area contributed by atoms with E-state index in [4.69, 9.17) is 9.26 Å². The largest absolute Gasteiger partial charge is 0.496 e. The molecular formula is C24H25N5O3. The molecule has 0 amide bonds. The Hall–Kier alpha value is -3.94. The number of fused-ring (bicyclic) bond motifs is 1. The lowest BCUT2D eigenvalue weighted by atomic mass is 10.0. The van der Waals surface area contributed by atoms with E-state index in [1.54, 1.807) is 24.1 Å².